The molecule has 0 radical (unpaired) electrons. The number of nitrogens with one attached hydrogen (secondary N) is 1. The summed E-state index contributed by atoms with van der Waals surface area (Å²) in [4.78, 5) is 4.37. The lowest BCUT2D eigenvalue weighted by atomic mass is 10.1. The molecule has 0 bridgehead atoms. The molecule has 3 N–H and O–H groups in total. The van der Waals surface area contributed by atoms with Crippen molar-refractivity contribution in [3.05, 3.63) is 48.0 Å². The molecular formula is C16H17N3O. The molecule has 0 saturated heterocycles. The quantitative estimate of drug-likeness (QED) is 0.698. The van der Waals surface area contributed by atoms with E-state index >= 15 is 0 Å². The SMILES string of the molecule is CCCc1ccc(Nc2nc3ccc(N)cc3o2)cc1. The molecule has 3 rings (SSSR count). The maximum atomic E-state index is 5.72. The van der Waals surface area contributed by atoms with E-state index in [-0.39, 0.29) is 0 Å². The van der Waals surface area contributed by atoms with Gasteiger partial charge in [0, 0.05) is 17.4 Å². The minimum atomic E-state index is 0.480. The Morgan fingerprint density at radius 1 is 1.15 bits per heavy atom. The van der Waals surface area contributed by atoms with E-state index in [1.165, 1.54) is 5.56 Å². The fourth-order valence-electron chi connectivity index (χ4n) is 2.16. The van der Waals surface area contributed by atoms with Crippen molar-refractivity contribution in [3.8, 4) is 0 Å². The monoisotopic (exact) mass is 267 g/mol. The van der Waals surface area contributed by atoms with Gasteiger partial charge in [-0.25, -0.2) is 0 Å². The molecule has 0 saturated carbocycles. The van der Waals surface area contributed by atoms with Gasteiger partial charge in [0.25, 0.3) is 6.01 Å². The van der Waals surface area contributed by atoms with Crippen LogP contribution < -0.4 is 11.1 Å². The molecule has 0 aliphatic rings. The number of benzene rings is 2. The maximum Gasteiger partial charge on any atom is 0.300 e. The Morgan fingerprint density at radius 2 is 1.95 bits per heavy atom. The number of anilines is 3. The average molecular weight is 267 g/mol. The van der Waals surface area contributed by atoms with E-state index in [9.17, 15) is 0 Å². The minimum Gasteiger partial charge on any atom is -0.423 e. The Kier molecular flexibility index (Phi) is 3.29. The molecule has 1 heterocycles. The second-order valence-corrected chi connectivity index (χ2v) is 4.82. The van der Waals surface area contributed by atoms with Crippen molar-refractivity contribution in [1.82, 2.24) is 4.98 Å². The summed E-state index contributed by atoms with van der Waals surface area (Å²) >= 11 is 0. The third kappa shape index (κ3) is 2.59. The van der Waals surface area contributed by atoms with Crippen LogP contribution in [-0.4, -0.2) is 4.98 Å². The fraction of sp³-hybridized carbons (Fsp3) is 0.188. The van der Waals surface area contributed by atoms with Crippen LogP contribution in [0.2, 0.25) is 0 Å². The molecule has 0 aliphatic carbocycles. The Labute approximate surface area is 117 Å². The standard InChI is InChI=1S/C16H17N3O/c1-2-3-11-4-7-13(8-5-11)18-16-19-14-9-6-12(17)10-15(14)20-16/h4-10H,2-3,17H2,1H3,(H,18,19). The molecule has 4 heteroatoms. The first-order valence-corrected chi connectivity index (χ1v) is 6.76. The number of nitrogens with two attached hydrogens (primary N) is 1. The van der Waals surface area contributed by atoms with Gasteiger partial charge in [0.2, 0.25) is 0 Å². The second kappa shape index (κ2) is 5.25. The summed E-state index contributed by atoms with van der Waals surface area (Å²) in [5, 5.41) is 3.16. The number of nitrogens with zero attached hydrogens (tertiary/aromatic N) is 1. The highest BCUT2D eigenvalue weighted by Crippen LogP contribution is 2.24. The van der Waals surface area contributed by atoms with E-state index in [2.05, 4.69) is 29.4 Å². The zero-order valence-corrected chi connectivity index (χ0v) is 11.4. The largest absolute Gasteiger partial charge is 0.423 e. The van der Waals surface area contributed by atoms with Gasteiger partial charge in [-0.2, -0.15) is 4.98 Å². The van der Waals surface area contributed by atoms with Gasteiger partial charge < -0.3 is 15.5 Å². The lowest BCUT2D eigenvalue weighted by Gasteiger charge is -2.03. The van der Waals surface area contributed by atoms with Gasteiger partial charge in [-0.05, 0) is 36.2 Å². The molecule has 0 amide bonds. The summed E-state index contributed by atoms with van der Waals surface area (Å²) in [6, 6.07) is 14.2. The normalized spacial score (nSPS) is 10.8. The summed E-state index contributed by atoms with van der Waals surface area (Å²) in [6.45, 7) is 2.18. The van der Waals surface area contributed by atoms with Crippen molar-refractivity contribution >= 4 is 28.5 Å². The van der Waals surface area contributed by atoms with Crippen LogP contribution in [0.1, 0.15) is 18.9 Å². The number of nitrogen functional groups attached to an aromatic ring is 1. The molecule has 2 aromatic carbocycles. The fourth-order valence-corrected chi connectivity index (χ4v) is 2.16. The zero-order valence-electron chi connectivity index (χ0n) is 11.4. The van der Waals surface area contributed by atoms with Gasteiger partial charge in [0.05, 0.1) is 0 Å². The Bertz CT molecular complexity index is 716. The molecular weight excluding hydrogens is 250 g/mol. The highest BCUT2D eigenvalue weighted by molar-refractivity contribution is 5.78. The molecule has 0 aliphatic heterocycles. The molecule has 0 fully saturated rings. The lowest BCUT2D eigenvalue weighted by Crippen LogP contribution is -1.90. The number of aromatic nitrogens is 1. The summed E-state index contributed by atoms with van der Waals surface area (Å²) in [5.41, 5.74) is 10.2. The topological polar surface area (TPSA) is 64.1 Å². The van der Waals surface area contributed by atoms with E-state index in [0.717, 1.165) is 24.0 Å². The molecule has 0 spiro atoms. The number of fused-ring (bicyclic) bond motifs is 1. The zero-order chi connectivity index (χ0) is 13.9. The summed E-state index contributed by atoms with van der Waals surface area (Å²) in [7, 11) is 0. The van der Waals surface area contributed by atoms with Crippen molar-refractivity contribution in [2.45, 2.75) is 19.8 Å². The van der Waals surface area contributed by atoms with Gasteiger partial charge >= 0.3 is 0 Å². The van der Waals surface area contributed by atoms with Crippen molar-refractivity contribution in [2.24, 2.45) is 0 Å². The molecule has 20 heavy (non-hydrogen) atoms. The van der Waals surface area contributed by atoms with Gasteiger partial charge in [0.15, 0.2) is 5.58 Å². The Balaban J connectivity index is 1.81. The van der Waals surface area contributed by atoms with Crippen LogP contribution in [0, 0.1) is 0 Å². The van der Waals surface area contributed by atoms with Crippen molar-refractivity contribution in [1.29, 1.82) is 0 Å². The number of hydrogen-bond acceptors (Lipinski definition) is 4. The Morgan fingerprint density at radius 3 is 2.70 bits per heavy atom. The van der Waals surface area contributed by atoms with Gasteiger partial charge in [-0.3, -0.25) is 0 Å². The number of oxazole rings is 1. The lowest BCUT2D eigenvalue weighted by molar-refractivity contribution is 0.623. The molecule has 4 nitrogen and oxygen atoms in total. The molecule has 0 atom stereocenters. The predicted octanol–water partition coefficient (Wildman–Crippen LogP) is 4.11. The molecule has 3 aromatic rings. The minimum absolute atomic E-state index is 0.480. The van der Waals surface area contributed by atoms with Crippen LogP contribution in [-0.2, 0) is 6.42 Å². The smallest absolute Gasteiger partial charge is 0.300 e. The van der Waals surface area contributed by atoms with Crippen LogP contribution in [0.3, 0.4) is 0 Å². The van der Waals surface area contributed by atoms with Crippen LogP contribution in [0.5, 0.6) is 0 Å². The molecule has 0 unspecified atom stereocenters. The van der Waals surface area contributed by atoms with E-state index in [1.54, 1.807) is 6.07 Å². The maximum absolute atomic E-state index is 5.72. The van der Waals surface area contributed by atoms with Crippen LogP contribution >= 0.6 is 0 Å². The van der Waals surface area contributed by atoms with E-state index in [1.807, 2.05) is 24.3 Å². The summed E-state index contributed by atoms with van der Waals surface area (Å²) < 4.78 is 5.63. The summed E-state index contributed by atoms with van der Waals surface area (Å²) in [5.74, 6) is 0. The van der Waals surface area contributed by atoms with Gasteiger partial charge in [-0.1, -0.05) is 25.5 Å². The van der Waals surface area contributed by atoms with Crippen molar-refractivity contribution in [3.63, 3.8) is 0 Å². The molecule has 102 valence electrons. The van der Waals surface area contributed by atoms with Crippen LogP contribution in [0.15, 0.2) is 46.9 Å². The van der Waals surface area contributed by atoms with Crippen molar-refractivity contribution in [2.75, 3.05) is 11.1 Å². The van der Waals surface area contributed by atoms with Crippen LogP contribution in [0.25, 0.3) is 11.1 Å². The number of hydrogen-bond donors (Lipinski definition) is 2. The third-order valence-electron chi connectivity index (χ3n) is 3.16. The highest BCUT2D eigenvalue weighted by Gasteiger charge is 2.06. The van der Waals surface area contributed by atoms with Crippen LogP contribution in [0.4, 0.5) is 17.4 Å². The first-order valence-electron chi connectivity index (χ1n) is 6.76. The average Bonchev–Trinajstić information content (AvgIpc) is 2.82. The number of aryl methyl sites for hydroxylation is 1. The van der Waals surface area contributed by atoms with E-state index in [4.69, 9.17) is 10.2 Å². The third-order valence-corrected chi connectivity index (χ3v) is 3.16. The predicted molar refractivity (Wildman–Crippen MR) is 82.1 cm³/mol. The van der Waals surface area contributed by atoms with E-state index in [0.29, 0.717) is 17.3 Å². The molecule has 1 aromatic heterocycles. The van der Waals surface area contributed by atoms with Crippen molar-refractivity contribution < 1.29 is 4.42 Å². The van der Waals surface area contributed by atoms with Gasteiger partial charge in [0.1, 0.15) is 5.52 Å². The highest BCUT2D eigenvalue weighted by atomic mass is 16.4. The van der Waals surface area contributed by atoms with Gasteiger partial charge in [-0.15, -0.1) is 0 Å². The second-order valence-electron chi connectivity index (χ2n) is 4.82. The first-order chi connectivity index (χ1) is 9.74. The van der Waals surface area contributed by atoms with E-state index < -0.39 is 0 Å². The summed E-state index contributed by atoms with van der Waals surface area (Å²) in [6.07, 6.45) is 2.25. The first kappa shape index (κ1) is 12.5. The Hall–Kier alpha value is -2.49. The number of rotatable bonds is 4.